The van der Waals surface area contributed by atoms with E-state index in [1.807, 2.05) is 13.8 Å². The number of oxazole rings is 1. The summed E-state index contributed by atoms with van der Waals surface area (Å²) in [4.78, 5) is 4.28. The van der Waals surface area contributed by atoms with Gasteiger partial charge in [0.15, 0.2) is 5.89 Å². The number of aromatic nitrogens is 1. The van der Waals surface area contributed by atoms with Crippen molar-refractivity contribution in [1.82, 2.24) is 4.98 Å². The fraction of sp³-hybridized carbons (Fsp3) is 0.667. The van der Waals surface area contributed by atoms with Crippen LogP contribution >= 0.6 is 12.6 Å². The largest absolute Gasteiger partial charge is 0.446 e. The maximum atomic E-state index is 5.42. The Hall–Kier alpha value is -0.480. The molecule has 0 saturated heterocycles. The Morgan fingerprint density at radius 1 is 1.54 bits per heavy atom. The van der Waals surface area contributed by atoms with Gasteiger partial charge in [0.05, 0.1) is 5.69 Å². The highest BCUT2D eigenvalue weighted by Gasteiger charge is 2.14. The van der Waals surface area contributed by atoms with Crippen molar-refractivity contribution in [2.45, 2.75) is 31.9 Å². The third kappa shape index (κ3) is 2.74. The molecule has 0 spiro atoms. The van der Waals surface area contributed by atoms with Crippen LogP contribution in [0.15, 0.2) is 4.42 Å². The summed E-state index contributed by atoms with van der Waals surface area (Å²) in [5.41, 5.74) is 6.37. The zero-order valence-electron chi connectivity index (χ0n) is 8.08. The first-order valence-corrected chi connectivity index (χ1v) is 4.99. The second-order valence-corrected chi connectivity index (χ2v) is 3.74. The van der Waals surface area contributed by atoms with Crippen molar-refractivity contribution in [2.24, 2.45) is 5.73 Å². The van der Waals surface area contributed by atoms with Crippen LogP contribution in [0.5, 0.6) is 0 Å². The molecule has 0 fully saturated rings. The second-order valence-electron chi connectivity index (χ2n) is 3.12. The van der Waals surface area contributed by atoms with E-state index in [0.29, 0.717) is 12.4 Å². The van der Waals surface area contributed by atoms with Crippen LogP contribution in [0.4, 0.5) is 0 Å². The maximum absolute atomic E-state index is 5.42. The van der Waals surface area contributed by atoms with Gasteiger partial charge in [-0.05, 0) is 26.3 Å². The Morgan fingerprint density at radius 3 is 2.69 bits per heavy atom. The zero-order valence-corrected chi connectivity index (χ0v) is 8.97. The number of nitrogens with two attached hydrogens (primary N) is 1. The number of nitrogens with zero attached hydrogens (tertiary/aromatic N) is 1. The van der Waals surface area contributed by atoms with Crippen molar-refractivity contribution in [1.29, 1.82) is 0 Å². The molecule has 3 nitrogen and oxygen atoms in total. The van der Waals surface area contributed by atoms with Crippen LogP contribution in [0.1, 0.15) is 35.4 Å². The molecule has 1 aromatic rings. The molecule has 13 heavy (non-hydrogen) atoms. The predicted octanol–water partition coefficient (Wildman–Crippen LogP) is 2.00. The molecule has 74 valence electrons. The molecule has 1 heterocycles. The van der Waals surface area contributed by atoms with Crippen LogP contribution in [0.2, 0.25) is 0 Å². The van der Waals surface area contributed by atoms with Crippen LogP contribution in [0, 0.1) is 13.8 Å². The van der Waals surface area contributed by atoms with E-state index < -0.39 is 0 Å². The summed E-state index contributed by atoms with van der Waals surface area (Å²) in [5, 5.41) is 0.154. The van der Waals surface area contributed by atoms with Gasteiger partial charge in [0.25, 0.3) is 0 Å². The Morgan fingerprint density at radius 2 is 2.23 bits per heavy atom. The third-order valence-corrected chi connectivity index (χ3v) is 2.44. The predicted molar refractivity (Wildman–Crippen MR) is 56.0 cm³/mol. The van der Waals surface area contributed by atoms with Gasteiger partial charge in [-0.2, -0.15) is 12.6 Å². The van der Waals surface area contributed by atoms with Gasteiger partial charge in [0.1, 0.15) is 5.76 Å². The minimum absolute atomic E-state index is 0.154. The van der Waals surface area contributed by atoms with Gasteiger partial charge in [-0.3, -0.25) is 0 Å². The van der Waals surface area contributed by atoms with Crippen molar-refractivity contribution in [3.05, 3.63) is 17.3 Å². The first kappa shape index (κ1) is 10.6. The molecule has 4 heteroatoms. The number of thiol groups is 1. The highest BCUT2D eigenvalue weighted by atomic mass is 32.1. The van der Waals surface area contributed by atoms with Crippen LogP contribution < -0.4 is 5.73 Å². The van der Waals surface area contributed by atoms with Gasteiger partial charge in [0.2, 0.25) is 0 Å². The van der Waals surface area contributed by atoms with E-state index >= 15 is 0 Å². The summed E-state index contributed by atoms with van der Waals surface area (Å²) in [6.45, 7) is 4.47. The van der Waals surface area contributed by atoms with E-state index in [-0.39, 0.29) is 5.25 Å². The van der Waals surface area contributed by atoms with E-state index in [1.54, 1.807) is 0 Å². The van der Waals surface area contributed by atoms with E-state index in [9.17, 15) is 0 Å². The molecule has 1 unspecified atom stereocenters. The molecule has 0 saturated carbocycles. The van der Waals surface area contributed by atoms with Crippen molar-refractivity contribution >= 4 is 12.6 Å². The molecule has 0 aliphatic rings. The summed E-state index contributed by atoms with van der Waals surface area (Å²) >= 11 is 4.46. The molecule has 1 rings (SSSR count). The number of rotatable bonds is 4. The summed E-state index contributed by atoms with van der Waals surface area (Å²) < 4.78 is 5.32. The van der Waals surface area contributed by atoms with E-state index in [1.165, 1.54) is 0 Å². The monoisotopic (exact) mass is 200 g/mol. The molecular formula is C9H16N2OS. The summed E-state index contributed by atoms with van der Waals surface area (Å²) in [5.74, 6) is 1.58. The number of aryl methyl sites for hydroxylation is 2. The molecule has 0 aromatic carbocycles. The average molecular weight is 200 g/mol. The maximum Gasteiger partial charge on any atom is 0.191 e. The molecule has 0 radical (unpaired) electrons. The van der Waals surface area contributed by atoms with Crippen LogP contribution in [0.3, 0.4) is 0 Å². The Bertz CT molecular complexity index is 273. The van der Waals surface area contributed by atoms with Gasteiger partial charge in [-0.15, -0.1) is 0 Å². The van der Waals surface area contributed by atoms with Gasteiger partial charge in [0, 0.05) is 12.2 Å². The highest BCUT2D eigenvalue weighted by molar-refractivity contribution is 7.80. The normalized spacial score (nSPS) is 13.2. The quantitative estimate of drug-likeness (QED) is 0.731. The minimum atomic E-state index is 0.154. The van der Waals surface area contributed by atoms with Crippen molar-refractivity contribution < 1.29 is 4.42 Å². The summed E-state index contributed by atoms with van der Waals surface area (Å²) in [6, 6.07) is 0. The molecule has 0 amide bonds. The number of hydrogen-bond donors (Lipinski definition) is 2. The molecule has 0 aliphatic carbocycles. The summed E-state index contributed by atoms with van der Waals surface area (Å²) in [6.07, 6.45) is 1.92. The van der Waals surface area contributed by atoms with Crippen molar-refractivity contribution in [3.8, 4) is 0 Å². The lowest BCUT2D eigenvalue weighted by atomic mass is 10.1. The third-order valence-electron chi connectivity index (χ3n) is 1.94. The average Bonchev–Trinajstić information content (AvgIpc) is 2.41. The van der Waals surface area contributed by atoms with Gasteiger partial charge < -0.3 is 10.2 Å². The van der Waals surface area contributed by atoms with Gasteiger partial charge >= 0.3 is 0 Å². The van der Waals surface area contributed by atoms with Gasteiger partial charge in [-0.1, -0.05) is 0 Å². The molecular weight excluding hydrogens is 184 g/mol. The zero-order chi connectivity index (χ0) is 9.84. The lowest BCUT2D eigenvalue weighted by molar-refractivity contribution is 0.492. The molecule has 1 aromatic heterocycles. The first-order valence-electron chi connectivity index (χ1n) is 4.47. The van der Waals surface area contributed by atoms with Crippen LogP contribution in [-0.4, -0.2) is 11.5 Å². The van der Waals surface area contributed by atoms with E-state index in [0.717, 1.165) is 24.3 Å². The molecule has 0 aliphatic heterocycles. The van der Waals surface area contributed by atoms with Gasteiger partial charge in [-0.25, -0.2) is 4.98 Å². The Kier molecular flexibility index (Phi) is 3.81. The fourth-order valence-corrected chi connectivity index (χ4v) is 1.72. The second kappa shape index (κ2) is 4.67. The highest BCUT2D eigenvalue weighted by Crippen LogP contribution is 2.27. The van der Waals surface area contributed by atoms with Crippen LogP contribution in [0.25, 0.3) is 0 Å². The molecule has 0 bridgehead atoms. The van der Waals surface area contributed by atoms with E-state index in [4.69, 9.17) is 10.2 Å². The number of hydrogen-bond acceptors (Lipinski definition) is 4. The SMILES string of the molecule is Cc1nc(C(S)CCCN)c(C)o1. The lowest BCUT2D eigenvalue weighted by Gasteiger charge is -2.06. The minimum Gasteiger partial charge on any atom is -0.446 e. The van der Waals surface area contributed by atoms with Crippen molar-refractivity contribution in [2.75, 3.05) is 6.54 Å². The van der Waals surface area contributed by atoms with Crippen molar-refractivity contribution in [3.63, 3.8) is 0 Å². The summed E-state index contributed by atoms with van der Waals surface area (Å²) in [7, 11) is 0. The molecule has 2 N–H and O–H groups in total. The first-order chi connectivity index (χ1) is 6.15. The lowest BCUT2D eigenvalue weighted by Crippen LogP contribution is -2.01. The molecule has 1 atom stereocenters. The standard InChI is InChI=1S/C9H16N2OS/c1-6-9(11-7(2)12-6)8(13)4-3-5-10/h8,13H,3-5,10H2,1-2H3. The topological polar surface area (TPSA) is 52.0 Å². The Balaban J connectivity index is 2.64. The smallest absolute Gasteiger partial charge is 0.191 e. The fourth-order valence-electron chi connectivity index (χ4n) is 1.30. The van der Waals surface area contributed by atoms with Crippen LogP contribution in [-0.2, 0) is 0 Å². The Labute approximate surface area is 84.1 Å². The van der Waals surface area contributed by atoms with E-state index in [2.05, 4.69) is 17.6 Å².